The Labute approximate surface area is 128 Å². The number of halogens is 1. The van der Waals surface area contributed by atoms with Crippen LogP contribution in [0.4, 0.5) is 4.39 Å². The standard InChI is InChI=1S/C19H29FO/c1-18-7-3-4-14(18)17-15(6-8-18)19(2)9-5-13(20)10-12(19)11-16(17)21/h12-15,17H,3-11H2,1-2H3/t12-,13-,14+,15+,17+,18+,19+/m1/s1. The fourth-order valence-electron chi connectivity index (χ4n) is 6.87. The number of rotatable bonds is 0. The quantitative estimate of drug-likeness (QED) is 0.618. The van der Waals surface area contributed by atoms with Gasteiger partial charge in [-0.15, -0.1) is 0 Å². The Morgan fingerprint density at radius 3 is 2.67 bits per heavy atom. The summed E-state index contributed by atoms with van der Waals surface area (Å²) in [6, 6.07) is 0. The lowest BCUT2D eigenvalue weighted by Gasteiger charge is -2.59. The molecular formula is C19H29FO. The van der Waals surface area contributed by atoms with Gasteiger partial charge in [0.1, 0.15) is 12.0 Å². The molecule has 7 atom stereocenters. The predicted molar refractivity (Wildman–Crippen MR) is 81.6 cm³/mol. The Bertz CT molecular complexity index is 460. The van der Waals surface area contributed by atoms with Gasteiger partial charge in [-0.1, -0.05) is 20.3 Å². The van der Waals surface area contributed by atoms with Gasteiger partial charge >= 0.3 is 0 Å². The van der Waals surface area contributed by atoms with Gasteiger partial charge in [-0.05, 0) is 73.5 Å². The molecule has 4 fully saturated rings. The van der Waals surface area contributed by atoms with Crippen molar-refractivity contribution in [2.24, 2.45) is 34.5 Å². The zero-order chi connectivity index (χ0) is 14.8. The Hall–Kier alpha value is -0.400. The van der Waals surface area contributed by atoms with Crippen LogP contribution in [-0.4, -0.2) is 12.0 Å². The van der Waals surface area contributed by atoms with E-state index in [9.17, 15) is 9.18 Å². The molecule has 0 spiro atoms. The summed E-state index contributed by atoms with van der Waals surface area (Å²) >= 11 is 0. The molecule has 4 saturated carbocycles. The number of fused-ring (bicyclic) bond motifs is 5. The van der Waals surface area contributed by atoms with Crippen LogP contribution >= 0.6 is 0 Å². The van der Waals surface area contributed by atoms with Gasteiger partial charge in [-0.25, -0.2) is 4.39 Å². The van der Waals surface area contributed by atoms with Crippen molar-refractivity contribution >= 4 is 5.78 Å². The van der Waals surface area contributed by atoms with Gasteiger partial charge in [-0.3, -0.25) is 4.79 Å². The molecule has 4 aliphatic carbocycles. The summed E-state index contributed by atoms with van der Waals surface area (Å²) in [7, 11) is 0. The zero-order valence-electron chi connectivity index (χ0n) is 13.5. The first-order valence-corrected chi connectivity index (χ1v) is 9.11. The molecule has 0 saturated heterocycles. The van der Waals surface area contributed by atoms with Crippen molar-refractivity contribution in [1.29, 1.82) is 0 Å². The molecule has 118 valence electrons. The number of ketones is 1. The molecule has 2 heteroatoms. The fraction of sp³-hybridized carbons (Fsp3) is 0.947. The second-order valence-electron chi connectivity index (χ2n) is 9.07. The van der Waals surface area contributed by atoms with Crippen LogP contribution in [0, 0.1) is 34.5 Å². The lowest BCUT2D eigenvalue weighted by atomic mass is 9.45. The van der Waals surface area contributed by atoms with Crippen molar-refractivity contribution in [3.8, 4) is 0 Å². The number of Topliss-reactive ketones (excluding diaryl/α,β-unsaturated/α-hetero) is 1. The van der Waals surface area contributed by atoms with E-state index in [0.29, 0.717) is 47.7 Å². The van der Waals surface area contributed by atoms with Crippen LogP contribution in [0.25, 0.3) is 0 Å². The lowest BCUT2D eigenvalue weighted by Crippen LogP contribution is -2.56. The van der Waals surface area contributed by atoms with E-state index in [0.717, 1.165) is 12.8 Å². The molecule has 0 aliphatic heterocycles. The average molecular weight is 292 g/mol. The molecule has 1 nitrogen and oxygen atoms in total. The molecule has 0 amide bonds. The van der Waals surface area contributed by atoms with Crippen molar-refractivity contribution in [1.82, 2.24) is 0 Å². The summed E-state index contributed by atoms with van der Waals surface area (Å²) in [5, 5.41) is 0. The first-order valence-electron chi connectivity index (χ1n) is 9.11. The van der Waals surface area contributed by atoms with Crippen molar-refractivity contribution in [2.75, 3.05) is 0 Å². The molecule has 0 heterocycles. The van der Waals surface area contributed by atoms with E-state index in [1.807, 2.05) is 0 Å². The minimum Gasteiger partial charge on any atom is -0.299 e. The summed E-state index contributed by atoms with van der Waals surface area (Å²) in [6.07, 6.45) is 8.80. The third-order valence-corrected chi connectivity index (χ3v) is 8.19. The molecule has 0 unspecified atom stereocenters. The maximum Gasteiger partial charge on any atom is 0.136 e. The van der Waals surface area contributed by atoms with Gasteiger partial charge in [0.05, 0.1) is 0 Å². The van der Waals surface area contributed by atoms with E-state index in [4.69, 9.17) is 0 Å². The summed E-state index contributed by atoms with van der Waals surface area (Å²) in [5.41, 5.74) is 0.669. The minimum atomic E-state index is -0.659. The molecule has 0 aromatic rings. The van der Waals surface area contributed by atoms with E-state index in [1.54, 1.807) is 0 Å². The van der Waals surface area contributed by atoms with Crippen LogP contribution in [0.2, 0.25) is 0 Å². The van der Waals surface area contributed by atoms with Crippen molar-refractivity contribution in [2.45, 2.75) is 77.8 Å². The highest BCUT2D eigenvalue weighted by Crippen LogP contribution is 2.65. The average Bonchev–Trinajstić information content (AvgIpc) is 2.82. The van der Waals surface area contributed by atoms with Crippen molar-refractivity contribution in [3.63, 3.8) is 0 Å². The number of carbonyl (C=O) groups excluding carboxylic acids is 1. The molecule has 0 radical (unpaired) electrons. The highest BCUT2D eigenvalue weighted by molar-refractivity contribution is 5.83. The Kier molecular flexibility index (Phi) is 3.08. The van der Waals surface area contributed by atoms with Crippen LogP contribution in [0.3, 0.4) is 0 Å². The number of hydrogen-bond acceptors (Lipinski definition) is 1. The van der Waals surface area contributed by atoms with Gasteiger partial charge < -0.3 is 0 Å². The molecule has 0 aromatic carbocycles. The Balaban J connectivity index is 1.69. The maximum atomic E-state index is 13.8. The first-order chi connectivity index (χ1) is 9.94. The normalized spacial score (nSPS) is 56.5. The topological polar surface area (TPSA) is 17.1 Å². The van der Waals surface area contributed by atoms with Gasteiger partial charge in [0, 0.05) is 12.3 Å². The molecule has 0 N–H and O–H groups in total. The molecule has 4 aliphatic rings. The van der Waals surface area contributed by atoms with Crippen LogP contribution in [0.5, 0.6) is 0 Å². The van der Waals surface area contributed by atoms with Crippen LogP contribution in [-0.2, 0) is 4.79 Å². The third-order valence-electron chi connectivity index (χ3n) is 8.19. The molecule has 0 aromatic heterocycles. The van der Waals surface area contributed by atoms with Crippen LogP contribution in [0.15, 0.2) is 0 Å². The number of alkyl halides is 1. The van der Waals surface area contributed by atoms with E-state index in [2.05, 4.69) is 13.8 Å². The van der Waals surface area contributed by atoms with Crippen LogP contribution in [0.1, 0.15) is 71.6 Å². The van der Waals surface area contributed by atoms with E-state index < -0.39 is 6.17 Å². The summed E-state index contributed by atoms with van der Waals surface area (Å²) in [6.45, 7) is 4.83. The summed E-state index contributed by atoms with van der Waals surface area (Å²) < 4.78 is 13.8. The maximum absolute atomic E-state index is 13.8. The second-order valence-corrected chi connectivity index (χ2v) is 9.07. The monoisotopic (exact) mass is 292 g/mol. The van der Waals surface area contributed by atoms with E-state index in [-0.39, 0.29) is 5.41 Å². The highest BCUT2D eigenvalue weighted by atomic mass is 19.1. The fourth-order valence-corrected chi connectivity index (χ4v) is 6.87. The summed E-state index contributed by atoms with van der Waals surface area (Å²) in [5.74, 6) is 2.30. The number of hydrogen-bond donors (Lipinski definition) is 0. The Morgan fingerprint density at radius 2 is 1.86 bits per heavy atom. The SMILES string of the molecule is C[C@@]12CCC[C@H]1[C@@H]1C(=O)C[C@H]3C[C@H](F)CC[C@]3(C)[C@H]1CC2. The highest BCUT2D eigenvalue weighted by Gasteiger charge is 2.60. The van der Waals surface area contributed by atoms with E-state index >= 15 is 0 Å². The van der Waals surface area contributed by atoms with Gasteiger partial charge in [0.15, 0.2) is 0 Å². The Morgan fingerprint density at radius 1 is 1.05 bits per heavy atom. The predicted octanol–water partition coefficient (Wildman–Crippen LogP) is 4.94. The first kappa shape index (κ1) is 14.2. The van der Waals surface area contributed by atoms with Crippen LogP contribution < -0.4 is 0 Å². The van der Waals surface area contributed by atoms with Gasteiger partial charge in [-0.2, -0.15) is 0 Å². The minimum absolute atomic E-state index is 0.241. The second kappa shape index (κ2) is 4.55. The summed E-state index contributed by atoms with van der Waals surface area (Å²) in [4.78, 5) is 12.9. The number of carbonyl (C=O) groups is 1. The van der Waals surface area contributed by atoms with Gasteiger partial charge in [0.25, 0.3) is 0 Å². The van der Waals surface area contributed by atoms with Crippen molar-refractivity contribution < 1.29 is 9.18 Å². The lowest BCUT2D eigenvalue weighted by molar-refractivity contribution is -0.156. The molecule has 0 bridgehead atoms. The third kappa shape index (κ3) is 1.90. The largest absolute Gasteiger partial charge is 0.299 e. The van der Waals surface area contributed by atoms with Crippen molar-refractivity contribution in [3.05, 3.63) is 0 Å². The molecule has 21 heavy (non-hydrogen) atoms. The van der Waals surface area contributed by atoms with Gasteiger partial charge in [0.2, 0.25) is 0 Å². The molecular weight excluding hydrogens is 263 g/mol. The zero-order valence-corrected chi connectivity index (χ0v) is 13.5. The van der Waals surface area contributed by atoms with E-state index in [1.165, 1.54) is 32.1 Å². The molecule has 4 rings (SSSR count). The smallest absolute Gasteiger partial charge is 0.136 e.